The van der Waals surface area contributed by atoms with Gasteiger partial charge < -0.3 is 14.6 Å². The highest BCUT2D eigenvalue weighted by Crippen LogP contribution is 2.40. The molecule has 0 radical (unpaired) electrons. The average molecular weight is 379 g/mol. The van der Waals surface area contributed by atoms with Crippen molar-refractivity contribution in [1.82, 2.24) is 0 Å². The van der Waals surface area contributed by atoms with Gasteiger partial charge in [0, 0.05) is 30.0 Å². The minimum absolute atomic E-state index is 0.0871. The van der Waals surface area contributed by atoms with E-state index in [1.807, 2.05) is 0 Å². The Morgan fingerprint density at radius 2 is 2.04 bits per heavy atom. The van der Waals surface area contributed by atoms with Crippen LogP contribution in [0.4, 0.5) is 11.4 Å². The number of nitro groups is 1. The van der Waals surface area contributed by atoms with Crippen LogP contribution < -0.4 is 9.47 Å². The van der Waals surface area contributed by atoms with E-state index >= 15 is 0 Å². The summed E-state index contributed by atoms with van der Waals surface area (Å²) in [6, 6.07) is 7.18. The molecule has 7 nitrogen and oxygen atoms in total. The maximum absolute atomic E-state index is 10.8. The lowest BCUT2D eigenvalue weighted by molar-refractivity contribution is -0.384. The minimum atomic E-state index is -0.530. The van der Waals surface area contributed by atoms with Crippen LogP contribution in [0.15, 0.2) is 39.8 Å². The Balaban J connectivity index is 1.93. The van der Waals surface area contributed by atoms with Gasteiger partial charge in [-0.3, -0.25) is 15.1 Å². The first-order valence-electron chi connectivity index (χ1n) is 6.65. The number of nitro benzene ring substituents is 1. The lowest BCUT2D eigenvalue weighted by Crippen LogP contribution is -2.15. The first-order chi connectivity index (χ1) is 11.0. The Bertz CT molecular complexity index is 807. The van der Waals surface area contributed by atoms with Gasteiger partial charge in [-0.25, -0.2) is 0 Å². The van der Waals surface area contributed by atoms with E-state index < -0.39 is 4.92 Å². The molecule has 0 saturated carbocycles. The van der Waals surface area contributed by atoms with Crippen LogP contribution in [-0.2, 0) is 0 Å². The lowest BCUT2D eigenvalue weighted by atomic mass is 10.2. The highest BCUT2D eigenvalue weighted by molar-refractivity contribution is 9.10. The highest BCUT2D eigenvalue weighted by Gasteiger charge is 2.16. The summed E-state index contributed by atoms with van der Waals surface area (Å²) < 4.78 is 11.7. The molecule has 2 aromatic carbocycles. The number of hydrogen-bond donors (Lipinski definition) is 1. The maximum atomic E-state index is 10.8. The molecule has 0 fully saturated rings. The van der Waals surface area contributed by atoms with Crippen LogP contribution >= 0.6 is 15.9 Å². The third-order valence-electron chi connectivity index (χ3n) is 3.16. The average Bonchev–Trinajstić information content (AvgIpc) is 2.54. The summed E-state index contributed by atoms with van der Waals surface area (Å²) in [6.07, 6.45) is 1.36. The number of fused-ring (bicyclic) bond motifs is 1. The number of phenols is 1. The standard InChI is InChI=1S/C15H11BrN2O5/c16-12-6-10(7-14-15(12)23-4-3-22-14)17-8-9-5-11(18(20)21)1-2-13(9)19/h1-2,5-8,19H,3-4H2. The predicted octanol–water partition coefficient (Wildman–Crippen LogP) is 3.58. The Hall–Kier alpha value is -2.61. The molecule has 0 amide bonds. The fourth-order valence-corrected chi connectivity index (χ4v) is 2.62. The zero-order valence-electron chi connectivity index (χ0n) is 11.7. The molecule has 23 heavy (non-hydrogen) atoms. The largest absolute Gasteiger partial charge is 0.507 e. The molecular formula is C15H11BrN2O5. The van der Waals surface area contributed by atoms with Gasteiger partial charge in [-0.05, 0) is 28.1 Å². The normalized spacial score (nSPS) is 13.3. The molecular weight excluding hydrogens is 368 g/mol. The van der Waals surface area contributed by atoms with E-state index in [1.54, 1.807) is 12.1 Å². The molecule has 2 aromatic rings. The summed E-state index contributed by atoms with van der Waals surface area (Å²) in [5, 5.41) is 20.6. The van der Waals surface area contributed by atoms with E-state index in [4.69, 9.17) is 9.47 Å². The first-order valence-corrected chi connectivity index (χ1v) is 7.44. The Labute approximate surface area is 139 Å². The minimum Gasteiger partial charge on any atom is -0.507 e. The zero-order valence-corrected chi connectivity index (χ0v) is 13.3. The second-order valence-corrected chi connectivity index (χ2v) is 5.56. The topological polar surface area (TPSA) is 94.2 Å². The monoisotopic (exact) mass is 378 g/mol. The Morgan fingerprint density at radius 1 is 1.26 bits per heavy atom. The molecule has 1 aliphatic heterocycles. The van der Waals surface area contributed by atoms with Crippen molar-refractivity contribution in [2.45, 2.75) is 0 Å². The van der Waals surface area contributed by atoms with E-state index in [0.717, 1.165) is 0 Å². The van der Waals surface area contributed by atoms with Gasteiger partial charge in [-0.2, -0.15) is 0 Å². The van der Waals surface area contributed by atoms with Crippen LogP contribution in [0.2, 0.25) is 0 Å². The van der Waals surface area contributed by atoms with Gasteiger partial charge in [0.2, 0.25) is 0 Å². The predicted molar refractivity (Wildman–Crippen MR) is 87.1 cm³/mol. The summed E-state index contributed by atoms with van der Waals surface area (Å²) in [4.78, 5) is 14.5. The molecule has 1 N–H and O–H groups in total. The molecule has 0 unspecified atom stereocenters. The van der Waals surface area contributed by atoms with Crippen molar-refractivity contribution in [2.75, 3.05) is 13.2 Å². The second-order valence-electron chi connectivity index (χ2n) is 4.71. The second kappa shape index (κ2) is 6.25. The molecule has 0 aromatic heterocycles. The number of phenolic OH excluding ortho intramolecular Hbond substituents is 1. The lowest BCUT2D eigenvalue weighted by Gasteiger charge is -2.19. The number of non-ortho nitro benzene ring substituents is 1. The third-order valence-corrected chi connectivity index (χ3v) is 3.75. The summed E-state index contributed by atoms with van der Waals surface area (Å²) in [7, 11) is 0. The van der Waals surface area contributed by atoms with E-state index in [-0.39, 0.29) is 17.0 Å². The number of aliphatic imine (C=N–C) groups is 1. The number of benzene rings is 2. The number of hydrogen-bond acceptors (Lipinski definition) is 6. The van der Waals surface area contributed by atoms with Crippen LogP contribution in [0.1, 0.15) is 5.56 Å². The molecule has 8 heteroatoms. The van der Waals surface area contributed by atoms with Gasteiger partial charge in [0.1, 0.15) is 19.0 Å². The number of halogens is 1. The van der Waals surface area contributed by atoms with Crippen molar-refractivity contribution in [3.05, 3.63) is 50.5 Å². The van der Waals surface area contributed by atoms with E-state index in [2.05, 4.69) is 20.9 Å². The van der Waals surface area contributed by atoms with Gasteiger partial charge in [0.05, 0.1) is 15.1 Å². The fourth-order valence-electron chi connectivity index (χ4n) is 2.07. The molecule has 3 rings (SSSR count). The summed E-state index contributed by atoms with van der Waals surface area (Å²) in [5.74, 6) is 1.10. The van der Waals surface area contributed by atoms with Crippen LogP contribution in [0, 0.1) is 10.1 Å². The van der Waals surface area contributed by atoms with Gasteiger partial charge in [0.25, 0.3) is 5.69 Å². The van der Waals surface area contributed by atoms with E-state index in [9.17, 15) is 15.2 Å². The zero-order chi connectivity index (χ0) is 16.4. The number of ether oxygens (including phenoxy) is 2. The Kier molecular flexibility index (Phi) is 4.16. The molecule has 118 valence electrons. The maximum Gasteiger partial charge on any atom is 0.270 e. The van der Waals surface area contributed by atoms with Crippen LogP contribution in [0.25, 0.3) is 0 Å². The van der Waals surface area contributed by atoms with Crippen molar-refractivity contribution in [2.24, 2.45) is 4.99 Å². The SMILES string of the molecule is O=[N+]([O-])c1ccc(O)c(C=Nc2cc(Br)c3c(c2)OCCO3)c1. The van der Waals surface area contributed by atoms with Crippen molar-refractivity contribution >= 4 is 33.5 Å². The molecule has 1 heterocycles. The number of nitrogens with zero attached hydrogens (tertiary/aromatic N) is 2. The van der Waals surface area contributed by atoms with E-state index in [0.29, 0.717) is 34.9 Å². The molecule has 0 atom stereocenters. The van der Waals surface area contributed by atoms with Crippen LogP contribution in [-0.4, -0.2) is 29.5 Å². The van der Waals surface area contributed by atoms with Crippen molar-refractivity contribution in [3.63, 3.8) is 0 Å². The van der Waals surface area contributed by atoms with Gasteiger partial charge >= 0.3 is 0 Å². The summed E-state index contributed by atoms with van der Waals surface area (Å²) in [5.41, 5.74) is 0.699. The molecule has 0 bridgehead atoms. The smallest absolute Gasteiger partial charge is 0.270 e. The Morgan fingerprint density at radius 3 is 2.83 bits per heavy atom. The molecule has 0 saturated heterocycles. The number of rotatable bonds is 3. The third kappa shape index (κ3) is 3.26. The van der Waals surface area contributed by atoms with Crippen molar-refractivity contribution in [3.8, 4) is 17.2 Å². The molecule has 1 aliphatic rings. The quantitative estimate of drug-likeness (QED) is 0.500. The van der Waals surface area contributed by atoms with Crippen LogP contribution in [0.5, 0.6) is 17.2 Å². The van der Waals surface area contributed by atoms with Crippen molar-refractivity contribution < 1.29 is 19.5 Å². The van der Waals surface area contributed by atoms with Gasteiger partial charge in [0.15, 0.2) is 11.5 Å². The van der Waals surface area contributed by atoms with Crippen LogP contribution in [0.3, 0.4) is 0 Å². The molecule has 0 spiro atoms. The van der Waals surface area contributed by atoms with Gasteiger partial charge in [-0.1, -0.05) is 0 Å². The van der Waals surface area contributed by atoms with Crippen molar-refractivity contribution in [1.29, 1.82) is 0 Å². The van der Waals surface area contributed by atoms with Gasteiger partial charge in [-0.15, -0.1) is 0 Å². The summed E-state index contributed by atoms with van der Waals surface area (Å²) >= 11 is 3.39. The van der Waals surface area contributed by atoms with E-state index in [1.165, 1.54) is 24.4 Å². The number of aromatic hydroxyl groups is 1. The first kappa shape index (κ1) is 15.3. The molecule has 0 aliphatic carbocycles. The summed E-state index contributed by atoms with van der Waals surface area (Å²) in [6.45, 7) is 0.939. The fraction of sp³-hybridized carbons (Fsp3) is 0.133. The highest BCUT2D eigenvalue weighted by atomic mass is 79.9.